The normalized spacial score (nSPS) is 11.2. The summed E-state index contributed by atoms with van der Waals surface area (Å²) in [5.41, 5.74) is 7.19. The molecule has 0 aliphatic carbocycles. The topological polar surface area (TPSA) is 96.9 Å². The number of nitrogens with one attached hydrogen (secondary N) is 1. The van der Waals surface area contributed by atoms with E-state index in [2.05, 4.69) is 10.5 Å². The molecule has 126 valence electrons. The van der Waals surface area contributed by atoms with Crippen molar-refractivity contribution in [1.29, 1.82) is 0 Å². The zero-order valence-corrected chi connectivity index (χ0v) is 13.1. The fourth-order valence-electron chi connectivity index (χ4n) is 2.09. The van der Waals surface area contributed by atoms with E-state index in [0.29, 0.717) is 23.4 Å². The van der Waals surface area contributed by atoms with Crippen molar-refractivity contribution < 1.29 is 19.1 Å². The summed E-state index contributed by atoms with van der Waals surface area (Å²) >= 11 is 0. The van der Waals surface area contributed by atoms with Crippen molar-refractivity contribution in [3.63, 3.8) is 0 Å². The number of benzene rings is 2. The molecule has 0 heterocycles. The fraction of sp³-hybridized carbons (Fsp3) is 0.176. The van der Waals surface area contributed by atoms with Gasteiger partial charge in [-0.3, -0.25) is 4.79 Å². The standard InChI is InChI=1S/C17H18FN3O3/c1-24-14-7-6-13(15(18)9-14)8-16(22)20-10-11-2-4-12(5-3-11)17(19)21-23/h2-7,9,23H,8,10H2,1H3,(H2,19,21)(H,20,22). The first-order valence-corrected chi connectivity index (χ1v) is 7.19. The van der Waals surface area contributed by atoms with Crippen LogP contribution in [0.2, 0.25) is 0 Å². The Labute approximate surface area is 138 Å². The highest BCUT2D eigenvalue weighted by atomic mass is 19.1. The number of rotatable bonds is 6. The van der Waals surface area contributed by atoms with Crippen LogP contribution in [0.3, 0.4) is 0 Å². The highest BCUT2D eigenvalue weighted by Crippen LogP contribution is 2.16. The molecule has 6 nitrogen and oxygen atoms in total. The number of nitrogens with zero attached hydrogens (tertiary/aromatic N) is 1. The van der Waals surface area contributed by atoms with Crippen LogP contribution in [0, 0.1) is 5.82 Å². The van der Waals surface area contributed by atoms with Gasteiger partial charge in [-0.05, 0) is 17.2 Å². The third-order valence-electron chi connectivity index (χ3n) is 3.46. The van der Waals surface area contributed by atoms with Crippen LogP contribution < -0.4 is 15.8 Å². The molecule has 0 saturated heterocycles. The maximum atomic E-state index is 13.8. The summed E-state index contributed by atoms with van der Waals surface area (Å²) in [7, 11) is 1.45. The summed E-state index contributed by atoms with van der Waals surface area (Å²) < 4.78 is 18.7. The number of hydrogen-bond donors (Lipinski definition) is 3. The highest BCUT2D eigenvalue weighted by Gasteiger charge is 2.09. The van der Waals surface area contributed by atoms with Crippen LogP contribution in [0.25, 0.3) is 0 Å². The van der Waals surface area contributed by atoms with E-state index in [4.69, 9.17) is 15.7 Å². The number of methoxy groups -OCH3 is 1. The lowest BCUT2D eigenvalue weighted by Gasteiger charge is -2.08. The van der Waals surface area contributed by atoms with E-state index >= 15 is 0 Å². The largest absolute Gasteiger partial charge is 0.497 e. The molecule has 7 heteroatoms. The lowest BCUT2D eigenvalue weighted by Crippen LogP contribution is -2.25. The predicted molar refractivity (Wildman–Crippen MR) is 87.5 cm³/mol. The van der Waals surface area contributed by atoms with Crippen LogP contribution in [-0.2, 0) is 17.8 Å². The van der Waals surface area contributed by atoms with Gasteiger partial charge in [0.25, 0.3) is 0 Å². The van der Waals surface area contributed by atoms with Gasteiger partial charge in [0.05, 0.1) is 13.5 Å². The van der Waals surface area contributed by atoms with Gasteiger partial charge in [-0.2, -0.15) is 0 Å². The maximum absolute atomic E-state index is 13.8. The molecule has 24 heavy (non-hydrogen) atoms. The van der Waals surface area contributed by atoms with E-state index in [0.717, 1.165) is 5.56 Å². The predicted octanol–water partition coefficient (Wildman–Crippen LogP) is 1.79. The van der Waals surface area contributed by atoms with Gasteiger partial charge < -0.3 is 21.0 Å². The van der Waals surface area contributed by atoms with Gasteiger partial charge in [0, 0.05) is 18.2 Å². The van der Waals surface area contributed by atoms with E-state index < -0.39 is 5.82 Å². The minimum Gasteiger partial charge on any atom is -0.497 e. The Morgan fingerprint density at radius 1 is 1.29 bits per heavy atom. The van der Waals surface area contributed by atoms with Crippen LogP contribution in [0.5, 0.6) is 5.75 Å². The Morgan fingerprint density at radius 3 is 2.58 bits per heavy atom. The second kappa shape index (κ2) is 7.96. The van der Waals surface area contributed by atoms with Crippen LogP contribution in [0.4, 0.5) is 4.39 Å². The molecule has 0 saturated carbocycles. The monoisotopic (exact) mass is 331 g/mol. The molecule has 0 spiro atoms. The number of halogens is 1. The first-order valence-electron chi connectivity index (χ1n) is 7.19. The summed E-state index contributed by atoms with van der Waals surface area (Å²) in [5.74, 6) is -0.352. The number of oxime groups is 1. The Balaban J connectivity index is 1.91. The Kier molecular flexibility index (Phi) is 5.73. The number of amides is 1. The number of hydrogen-bond acceptors (Lipinski definition) is 4. The molecule has 1 amide bonds. The zero-order chi connectivity index (χ0) is 17.5. The minimum absolute atomic E-state index is 0.0144. The van der Waals surface area contributed by atoms with E-state index in [1.807, 2.05) is 0 Å². The van der Waals surface area contributed by atoms with Crippen molar-refractivity contribution in [3.05, 3.63) is 65.0 Å². The lowest BCUT2D eigenvalue weighted by atomic mass is 10.1. The van der Waals surface area contributed by atoms with E-state index in [-0.39, 0.29) is 18.2 Å². The minimum atomic E-state index is -0.479. The third-order valence-corrected chi connectivity index (χ3v) is 3.46. The quantitative estimate of drug-likeness (QED) is 0.325. The number of nitrogens with two attached hydrogens (primary N) is 1. The number of ether oxygens (including phenoxy) is 1. The molecular weight excluding hydrogens is 313 g/mol. The molecule has 0 fully saturated rings. The van der Waals surface area contributed by atoms with Gasteiger partial charge >= 0.3 is 0 Å². The first kappa shape index (κ1) is 17.3. The van der Waals surface area contributed by atoms with Gasteiger partial charge in [0.2, 0.25) is 5.91 Å². The average Bonchev–Trinajstić information content (AvgIpc) is 2.61. The first-order chi connectivity index (χ1) is 11.5. The number of carbonyl (C=O) groups excluding carboxylic acids is 1. The van der Waals surface area contributed by atoms with E-state index in [9.17, 15) is 9.18 Å². The van der Waals surface area contributed by atoms with Gasteiger partial charge in [-0.25, -0.2) is 4.39 Å². The summed E-state index contributed by atoms with van der Waals surface area (Å²) in [6.45, 7) is 0.299. The van der Waals surface area contributed by atoms with Crippen LogP contribution in [0.1, 0.15) is 16.7 Å². The zero-order valence-electron chi connectivity index (χ0n) is 13.1. The molecule has 2 rings (SSSR count). The van der Waals surface area contributed by atoms with Crippen molar-refractivity contribution in [2.45, 2.75) is 13.0 Å². The second-order valence-corrected chi connectivity index (χ2v) is 5.09. The lowest BCUT2D eigenvalue weighted by molar-refractivity contribution is -0.120. The Bertz CT molecular complexity index is 745. The van der Waals surface area contributed by atoms with Crippen molar-refractivity contribution in [1.82, 2.24) is 5.32 Å². The average molecular weight is 331 g/mol. The summed E-state index contributed by atoms with van der Waals surface area (Å²) in [6, 6.07) is 11.2. The van der Waals surface area contributed by atoms with Gasteiger partial charge in [-0.1, -0.05) is 35.5 Å². The molecule has 0 bridgehead atoms. The summed E-state index contributed by atoms with van der Waals surface area (Å²) in [5, 5.41) is 14.2. The maximum Gasteiger partial charge on any atom is 0.224 e. The molecule has 2 aromatic carbocycles. The molecular formula is C17H18FN3O3. The highest BCUT2D eigenvalue weighted by molar-refractivity contribution is 5.96. The Morgan fingerprint density at radius 2 is 2.00 bits per heavy atom. The molecule has 4 N–H and O–H groups in total. The molecule has 0 atom stereocenters. The Hall–Kier alpha value is -3.09. The molecule has 0 unspecified atom stereocenters. The molecule has 0 radical (unpaired) electrons. The molecule has 0 aliphatic heterocycles. The van der Waals surface area contributed by atoms with E-state index in [1.54, 1.807) is 30.3 Å². The number of carbonyl (C=O) groups is 1. The fourth-order valence-corrected chi connectivity index (χ4v) is 2.09. The van der Waals surface area contributed by atoms with Crippen molar-refractivity contribution in [3.8, 4) is 5.75 Å². The van der Waals surface area contributed by atoms with Crippen molar-refractivity contribution >= 4 is 11.7 Å². The third kappa shape index (κ3) is 4.45. The molecule has 2 aromatic rings. The van der Waals surface area contributed by atoms with E-state index in [1.165, 1.54) is 19.2 Å². The van der Waals surface area contributed by atoms with Gasteiger partial charge in [0.1, 0.15) is 11.6 Å². The summed E-state index contributed by atoms with van der Waals surface area (Å²) in [6.07, 6.45) is -0.0575. The SMILES string of the molecule is COc1ccc(CC(=O)NCc2ccc(/C(N)=N/O)cc2)c(F)c1. The smallest absolute Gasteiger partial charge is 0.224 e. The van der Waals surface area contributed by atoms with Crippen LogP contribution in [0.15, 0.2) is 47.6 Å². The van der Waals surface area contributed by atoms with Gasteiger partial charge in [-0.15, -0.1) is 0 Å². The van der Waals surface area contributed by atoms with Crippen LogP contribution >= 0.6 is 0 Å². The van der Waals surface area contributed by atoms with Gasteiger partial charge in [0.15, 0.2) is 5.84 Å². The second-order valence-electron chi connectivity index (χ2n) is 5.09. The molecule has 0 aliphatic rings. The summed E-state index contributed by atoms with van der Waals surface area (Å²) in [4.78, 5) is 11.9. The van der Waals surface area contributed by atoms with Crippen molar-refractivity contribution in [2.75, 3.05) is 7.11 Å². The van der Waals surface area contributed by atoms with Crippen LogP contribution in [-0.4, -0.2) is 24.1 Å². The number of amidine groups is 1. The molecule has 0 aromatic heterocycles. The van der Waals surface area contributed by atoms with Crippen molar-refractivity contribution in [2.24, 2.45) is 10.9 Å².